The van der Waals surface area contributed by atoms with Crippen molar-refractivity contribution in [3.8, 4) is 5.75 Å². The third kappa shape index (κ3) is 4.35. The first-order valence-corrected chi connectivity index (χ1v) is 7.67. The lowest BCUT2D eigenvalue weighted by atomic mass is 10.0. The third-order valence-corrected chi connectivity index (χ3v) is 3.85. The Morgan fingerprint density at radius 1 is 1.17 bits per heavy atom. The summed E-state index contributed by atoms with van der Waals surface area (Å²) >= 11 is 0. The highest BCUT2D eigenvalue weighted by Gasteiger charge is 2.14. The van der Waals surface area contributed by atoms with Gasteiger partial charge in [-0.1, -0.05) is 29.8 Å². The number of methoxy groups -OCH3 is 1. The van der Waals surface area contributed by atoms with Crippen LogP contribution in [-0.2, 0) is 16.0 Å². The Balaban J connectivity index is 2.05. The van der Waals surface area contributed by atoms with E-state index in [4.69, 9.17) is 9.84 Å². The zero-order valence-electron chi connectivity index (χ0n) is 14.0. The molecule has 0 saturated heterocycles. The number of hydrogen-bond acceptors (Lipinski definition) is 3. The number of aliphatic carboxylic acids is 1. The van der Waals surface area contributed by atoms with Crippen molar-refractivity contribution in [1.29, 1.82) is 0 Å². The van der Waals surface area contributed by atoms with E-state index in [0.717, 1.165) is 11.1 Å². The molecule has 2 aromatic carbocycles. The number of carbonyl (C=O) groups is 2. The molecule has 0 fully saturated rings. The molecule has 0 aliphatic carbocycles. The molecule has 2 aromatic rings. The molecule has 1 unspecified atom stereocenters. The molecular weight excluding hydrogens is 306 g/mol. The SMILES string of the molecule is COc1ccc(C)cc1CC(=O)Nc1ccc(C(C)C(=O)O)cc1. The number of hydrogen-bond donors (Lipinski definition) is 2. The van der Waals surface area contributed by atoms with Crippen LogP contribution in [0.25, 0.3) is 0 Å². The summed E-state index contributed by atoms with van der Waals surface area (Å²) in [6.45, 7) is 3.59. The minimum absolute atomic E-state index is 0.155. The van der Waals surface area contributed by atoms with Crippen LogP contribution < -0.4 is 10.1 Å². The molecule has 5 heteroatoms. The second kappa shape index (κ2) is 7.64. The lowest BCUT2D eigenvalue weighted by molar-refractivity contribution is -0.138. The lowest BCUT2D eigenvalue weighted by Crippen LogP contribution is -2.15. The van der Waals surface area contributed by atoms with Gasteiger partial charge in [0, 0.05) is 11.3 Å². The van der Waals surface area contributed by atoms with Gasteiger partial charge in [-0.3, -0.25) is 9.59 Å². The summed E-state index contributed by atoms with van der Waals surface area (Å²) in [6.07, 6.45) is 0.206. The normalized spacial score (nSPS) is 11.6. The van der Waals surface area contributed by atoms with Crippen molar-refractivity contribution in [3.05, 3.63) is 59.2 Å². The van der Waals surface area contributed by atoms with Gasteiger partial charge in [-0.25, -0.2) is 0 Å². The lowest BCUT2D eigenvalue weighted by Gasteiger charge is -2.11. The zero-order valence-corrected chi connectivity index (χ0v) is 14.0. The van der Waals surface area contributed by atoms with Gasteiger partial charge in [0.15, 0.2) is 0 Å². The van der Waals surface area contributed by atoms with E-state index in [-0.39, 0.29) is 12.3 Å². The fraction of sp³-hybridized carbons (Fsp3) is 0.263. The number of benzene rings is 2. The van der Waals surface area contributed by atoms with Crippen LogP contribution in [0.4, 0.5) is 5.69 Å². The van der Waals surface area contributed by atoms with Crippen LogP contribution in [-0.4, -0.2) is 24.1 Å². The predicted octanol–water partition coefficient (Wildman–Crippen LogP) is 3.37. The molecule has 24 heavy (non-hydrogen) atoms. The summed E-state index contributed by atoms with van der Waals surface area (Å²) in [5.74, 6) is -0.927. The van der Waals surface area contributed by atoms with Gasteiger partial charge in [0.05, 0.1) is 19.4 Å². The molecule has 0 aliphatic heterocycles. The van der Waals surface area contributed by atoms with Crippen LogP contribution in [0.15, 0.2) is 42.5 Å². The van der Waals surface area contributed by atoms with Crippen LogP contribution in [0, 0.1) is 6.92 Å². The number of ether oxygens (including phenoxy) is 1. The Kier molecular flexibility index (Phi) is 5.58. The van der Waals surface area contributed by atoms with Crippen molar-refractivity contribution in [2.75, 3.05) is 12.4 Å². The molecule has 0 bridgehead atoms. The summed E-state index contributed by atoms with van der Waals surface area (Å²) in [7, 11) is 1.58. The Morgan fingerprint density at radius 3 is 2.42 bits per heavy atom. The molecule has 1 amide bonds. The van der Waals surface area contributed by atoms with Crippen molar-refractivity contribution in [3.63, 3.8) is 0 Å². The monoisotopic (exact) mass is 327 g/mol. The van der Waals surface area contributed by atoms with Gasteiger partial charge in [-0.2, -0.15) is 0 Å². The quantitative estimate of drug-likeness (QED) is 0.853. The molecule has 0 spiro atoms. The van der Waals surface area contributed by atoms with Gasteiger partial charge >= 0.3 is 5.97 Å². The van der Waals surface area contributed by atoms with Crippen LogP contribution in [0.5, 0.6) is 5.75 Å². The molecular formula is C19H21NO4. The van der Waals surface area contributed by atoms with E-state index in [1.807, 2.05) is 25.1 Å². The van der Waals surface area contributed by atoms with E-state index in [9.17, 15) is 9.59 Å². The summed E-state index contributed by atoms with van der Waals surface area (Å²) in [5.41, 5.74) is 3.21. The van der Waals surface area contributed by atoms with Crippen molar-refractivity contribution in [1.82, 2.24) is 0 Å². The number of carboxylic acids is 1. The third-order valence-electron chi connectivity index (χ3n) is 3.85. The number of nitrogens with one attached hydrogen (secondary N) is 1. The van der Waals surface area contributed by atoms with E-state index < -0.39 is 11.9 Å². The second-order valence-corrected chi connectivity index (χ2v) is 5.72. The molecule has 1 atom stereocenters. The molecule has 126 valence electrons. The van der Waals surface area contributed by atoms with Crippen LogP contribution in [0.2, 0.25) is 0 Å². The van der Waals surface area contributed by atoms with E-state index in [2.05, 4.69) is 5.32 Å². The van der Waals surface area contributed by atoms with Crippen LogP contribution in [0.1, 0.15) is 29.5 Å². The minimum atomic E-state index is -0.877. The van der Waals surface area contributed by atoms with E-state index >= 15 is 0 Å². The number of amides is 1. The smallest absolute Gasteiger partial charge is 0.310 e. The number of rotatable bonds is 6. The first-order chi connectivity index (χ1) is 11.4. The largest absolute Gasteiger partial charge is 0.496 e. The average Bonchev–Trinajstić information content (AvgIpc) is 2.55. The predicted molar refractivity (Wildman–Crippen MR) is 92.6 cm³/mol. The van der Waals surface area contributed by atoms with Gasteiger partial charge in [0.2, 0.25) is 5.91 Å². The first kappa shape index (κ1) is 17.5. The van der Waals surface area contributed by atoms with Gasteiger partial charge < -0.3 is 15.2 Å². The maximum atomic E-state index is 12.2. The molecule has 0 heterocycles. The fourth-order valence-electron chi connectivity index (χ4n) is 2.42. The van der Waals surface area contributed by atoms with Crippen LogP contribution in [0.3, 0.4) is 0 Å². The number of aryl methyl sites for hydroxylation is 1. The van der Waals surface area contributed by atoms with Crippen molar-refractivity contribution in [2.45, 2.75) is 26.2 Å². The highest BCUT2D eigenvalue weighted by atomic mass is 16.5. The molecule has 0 aromatic heterocycles. The maximum Gasteiger partial charge on any atom is 0.310 e. The Bertz CT molecular complexity index is 738. The maximum absolute atomic E-state index is 12.2. The standard InChI is InChI=1S/C19H21NO4/c1-12-4-9-17(24-3)15(10-12)11-18(21)20-16-7-5-14(6-8-16)13(2)19(22)23/h4-10,13H,11H2,1-3H3,(H,20,21)(H,22,23). The Morgan fingerprint density at radius 2 is 1.83 bits per heavy atom. The van der Waals surface area contributed by atoms with Crippen LogP contribution >= 0.6 is 0 Å². The van der Waals surface area contributed by atoms with Gasteiger partial charge in [0.1, 0.15) is 5.75 Å². The van der Waals surface area contributed by atoms with Crippen molar-refractivity contribution >= 4 is 17.6 Å². The topological polar surface area (TPSA) is 75.6 Å². The number of carbonyl (C=O) groups excluding carboxylic acids is 1. The highest BCUT2D eigenvalue weighted by molar-refractivity contribution is 5.92. The molecule has 0 aliphatic rings. The summed E-state index contributed by atoms with van der Waals surface area (Å²) in [4.78, 5) is 23.2. The van der Waals surface area contributed by atoms with E-state index in [1.165, 1.54) is 0 Å². The second-order valence-electron chi connectivity index (χ2n) is 5.72. The number of anilines is 1. The van der Waals surface area contributed by atoms with Crippen molar-refractivity contribution < 1.29 is 19.4 Å². The Hall–Kier alpha value is -2.82. The van der Waals surface area contributed by atoms with E-state index in [1.54, 1.807) is 38.3 Å². The molecule has 0 radical (unpaired) electrons. The molecule has 5 nitrogen and oxygen atoms in total. The highest BCUT2D eigenvalue weighted by Crippen LogP contribution is 2.21. The van der Waals surface area contributed by atoms with E-state index in [0.29, 0.717) is 17.0 Å². The Labute approximate surface area is 141 Å². The fourth-order valence-corrected chi connectivity index (χ4v) is 2.42. The summed E-state index contributed by atoms with van der Waals surface area (Å²) < 4.78 is 5.28. The van der Waals surface area contributed by atoms with Gasteiger partial charge in [-0.15, -0.1) is 0 Å². The molecule has 0 saturated carbocycles. The molecule has 2 N–H and O–H groups in total. The minimum Gasteiger partial charge on any atom is -0.496 e. The number of carboxylic acid groups (broad SMARTS) is 1. The van der Waals surface area contributed by atoms with Crippen molar-refractivity contribution in [2.24, 2.45) is 0 Å². The zero-order chi connectivity index (χ0) is 17.7. The van der Waals surface area contributed by atoms with Gasteiger partial charge in [0.25, 0.3) is 0 Å². The summed E-state index contributed by atoms with van der Waals surface area (Å²) in [6, 6.07) is 12.5. The van der Waals surface area contributed by atoms with Gasteiger partial charge in [-0.05, 0) is 37.6 Å². The average molecular weight is 327 g/mol. The first-order valence-electron chi connectivity index (χ1n) is 7.67. The molecule has 2 rings (SSSR count). The summed E-state index contributed by atoms with van der Waals surface area (Å²) in [5, 5.41) is 11.8.